The first-order chi connectivity index (χ1) is 10.5. The van der Waals surface area contributed by atoms with Gasteiger partial charge in [-0.15, -0.1) is 4.91 Å². The first-order valence-corrected chi connectivity index (χ1v) is 7.89. The van der Waals surface area contributed by atoms with E-state index in [1.54, 1.807) is 31.2 Å². The Morgan fingerprint density at radius 1 is 1.50 bits per heavy atom. The number of fused-ring (bicyclic) bond motifs is 1. The maximum Gasteiger partial charge on any atom is 0.168 e. The molecule has 2 aromatic rings. The lowest BCUT2D eigenvalue weighted by Gasteiger charge is -2.24. The van der Waals surface area contributed by atoms with E-state index in [0.29, 0.717) is 28.5 Å². The molecule has 1 aromatic carbocycles. The predicted molar refractivity (Wildman–Crippen MR) is 81.7 cm³/mol. The van der Waals surface area contributed by atoms with E-state index >= 15 is 0 Å². The number of nitroso groups, excluding NO2 is 1. The normalized spacial score (nSPS) is 16.9. The Kier molecular flexibility index (Phi) is 3.37. The molecule has 0 spiro atoms. The summed E-state index contributed by atoms with van der Waals surface area (Å²) in [6.45, 7) is 1.95. The molecule has 10 heteroatoms. The number of amidine groups is 1. The van der Waals surface area contributed by atoms with Gasteiger partial charge < -0.3 is 15.0 Å². The monoisotopic (exact) mass is 323 g/mol. The summed E-state index contributed by atoms with van der Waals surface area (Å²) in [6, 6.07) is 6.71. The van der Waals surface area contributed by atoms with Crippen LogP contribution in [-0.4, -0.2) is 15.2 Å². The molecule has 1 aliphatic heterocycles. The van der Waals surface area contributed by atoms with Crippen LogP contribution in [0.2, 0.25) is 0 Å². The highest BCUT2D eigenvalue weighted by molar-refractivity contribution is 8.02. The van der Waals surface area contributed by atoms with Crippen LogP contribution in [-0.2, 0) is 17.1 Å². The van der Waals surface area contributed by atoms with Crippen LogP contribution in [0.25, 0.3) is 0 Å². The third-order valence-electron chi connectivity index (χ3n) is 2.95. The average molecular weight is 323 g/mol. The summed E-state index contributed by atoms with van der Waals surface area (Å²) < 4.78 is 31.2. The summed E-state index contributed by atoms with van der Waals surface area (Å²) in [6.07, 6.45) is 0. The minimum Gasteiger partial charge on any atom is -0.486 e. The number of hydrogen-bond acceptors (Lipinski definition) is 6. The molecule has 0 atom stereocenters. The molecule has 0 saturated carbocycles. The average Bonchev–Trinajstić information content (AvgIpc) is 2.90. The minimum atomic E-state index is -3.78. The van der Waals surface area contributed by atoms with Gasteiger partial charge in [-0.25, -0.2) is 4.21 Å². The van der Waals surface area contributed by atoms with Crippen molar-refractivity contribution in [3.8, 4) is 5.75 Å². The summed E-state index contributed by atoms with van der Waals surface area (Å²) in [5.74, 6) is 1.03. The van der Waals surface area contributed by atoms with Gasteiger partial charge in [0.2, 0.25) is 0 Å². The number of ether oxygens (including phenoxy) is 1. The predicted octanol–water partition coefficient (Wildman–Crippen LogP) is 1.22. The van der Waals surface area contributed by atoms with E-state index in [-0.39, 0.29) is 12.4 Å². The molecule has 0 amide bonds. The largest absolute Gasteiger partial charge is 0.486 e. The maximum absolute atomic E-state index is 11.9. The molecule has 116 valence electrons. The van der Waals surface area contributed by atoms with Crippen molar-refractivity contribution in [1.29, 1.82) is 0 Å². The Morgan fingerprint density at radius 3 is 3.00 bits per heavy atom. The zero-order valence-corrected chi connectivity index (χ0v) is 12.4. The summed E-state index contributed by atoms with van der Waals surface area (Å²) in [5, 5.41) is 3.82. The van der Waals surface area contributed by atoms with Gasteiger partial charge in [0.1, 0.15) is 29.6 Å². The lowest BCUT2D eigenvalue weighted by molar-refractivity contribution is 0.287. The number of rotatable bonds is 4. The highest BCUT2D eigenvalue weighted by atomic mass is 32.3. The molecule has 0 fully saturated rings. The third kappa shape index (κ3) is 2.55. The van der Waals surface area contributed by atoms with Crippen LogP contribution in [0.3, 0.4) is 0 Å². The lowest BCUT2D eigenvalue weighted by Crippen LogP contribution is -2.29. The fourth-order valence-corrected chi connectivity index (χ4v) is 3.08. The molecule has 0 unspecified atom stereocenters. The number of nitrogens with zero attached hydrogens (tertiary/aromatic N) is 3. The van der Waals surface area contributed by atoms with Crippen LogP contribution in [0.5, 0.6) is 5.75 Å². The number of aromatic nitrogens is 1. The van der Waals surface area contributed by atoms with Gasteiger partial charge >= 0.3 is 0 Å². The van der Waals surface area contributed by atoms with Crippen molar-refractivity contribution in [3.05, 3.63) is 46.2 Å². The number of anilines is 1. The number of aryl methyl sites for hydroxylation is 1. The van der Waals surface area contributed by atoms with Gasteiger partial charge in [-0.2, -0.15) is 4.40 Å². The van der Waals surface area contributed by atoms with Crippen molar-refractivity contribution in [2.45, 2.75) is 13.5 Å². The topological polar surface area (TPSA) is 132 Å². The van der Waals surface area contributed by atoms with Gasteiger partial charge in [0, 0.05) is 10.6 Å². The Balaban J connectivity index is 1.91. The van der Waals surface area contributed by atoms with Crippen LogP contribution in [0.4, 0.5) is 5.69 Å². The highest BCUT2D eigenvalue weighted by Crippen LogP contribution is 2.33. The standard InChI is InChI=1S/C12H13N5O4S/c1-7-5-8(14-21-7)6-20-10-4-2-3-9-11(10)12(13)16-22(19,15-9)17-18/h2-5,22H,6H2,1H3,(H3,13,15,16,19). The van der Waals surface area contributed by atoms with Crippen molar-refractivity contribution in [1.82, 2.24) is 5.16 Å². The Labute approximate surface area is 126 Å². The number of benzene rings is 1. The smallest absolute Gasteiger partial charge is 0.168 e. The molecule has 9 nitrogen and oxygen atoms in total. The van der Waals surface area contributed by atoms with E-state index in [4.69, 9.17) is 15.0 Å². The van der Waals surface area contributed by atoms with Crippen molar-refractivity contribution >= 4 is 22.0 Å². The van der Waals surface area contributed by atoms with E-state index in [1.165, 1.54) is 0 Å². The number of hydrogen-bond donors (Lipinski definition) is 3. The number of nitrogens with one attached hydrogen (secondary N) is 1. The van der Waals surface area contributed by atoms with Gasteiger partial charge in [0.15, 0.2) is 10.5 Å². The zero-order chi connectivity index (χ0) is 15.7. The second-order valence-corrected chi connectivity index (χ2v) is 6.29. The van der Waals surface area contributed by atoms with E-state index < -0.39 is 10.5 Å². The number of thiol groups is 1. The van der Waals surface area contributed by atoms with Gasteiger partial charge in [-0.3, -0.25) is 4.72 Å². The number of nitrogens with two attached hydrogens (primary N) is 1. The van der Waals surface area contributed by atoms with E-state index in [9.17, 15) is 9.12 Å². The highest BCUT2D eigenvalue weighted by Gasteiger charge is 2.25. The summed E-state index contributed by atoms with van der Waals surface area (Å²) in [7, 11) is -3.78. The Morgan fingerprint density at radius 2 is 2.32 bits per heavy atom. The molecule has 1 aromatic heterocycles. The summed E-state index contributed by atoms with van der Waals surface area (Å²) in [5.41, 5.74) is 7.22. The first-order valence-electron chi connectivity index (χ1n) is 6.28. The van der Waals surface area contributed by atoms with Crippen LogP contribution in [0.1, 0.15) is 17.0 Å². The van der Waals surface area contributed by atoms with Crippen LogP contribution in [0.15, 0.2) is 37.8 Å². The summed E-state index contributed by atoms with van der Waals surface area (Å²) >= 11 is 0. The Hall–Kier alpha value is -2.75. The first kappa shape index (κ1) is 14.2. The van der Waals surface area contributed by atoms with Crippen molar-refractivity contribution < 1.29 is 13.5 Å². The molecular weight excluding hydrogens is 310 g/mol. The van der Waals surface area contributed by atoms with E-state index in [2.05, 4.69) is 18.9 Å². The van der Waals surface area contributed by atoms with Crippen LogP contribution in [0, 0.1) is 11.8 Å². The lowest BCUT2D eigenvalue weighted by atomic mass is 10.1. The van der Waals surface area contributed by atoms with E-state index in [1.807, 2.05) is 0 Å². The molecule has 0 aliphatic carbocycles. The Bertz CT molecular complexity index is 816. The minimum absolute atomic E-state index is 0.0661. The van der Waals surface area contributed by atoms with E-state index in [0.717, 1.165) is 0 Å². The molecule has 0 bridgehead atoms. The molecular formula is C12H13N5O4S. The quantitative estimate of drug-likeness (QED) is 0.572. The zero-order valence-electron chi connectivity index (χ0n) is 11.5. The van der Waals surface area contributed by atoms with Gasteiger partial charge in [-0.05, 0) is 19.1 Å². The summed E-state index contributed by atoms with van der Waals surface area (Å²) in [4.78, 5) is 10.6. The SMILES string of the molecule is Cc1cc(COc2cccc3c2C(N)=N[SH](=O)(N=O)N3)no1. The molecule has 1 aliphatic rings. The van der Waals surface area contributed by atoms with Crippen molar-refractivity contribution in [2.24, 2.45) is 14.7 Å². The fourth-order valence-electron chi connectivity index (χ4n) is 2.06. The molecule has 2 heterocycles. The second kappa shape index (κ2) is 5.22. The van der Waals surface area contributed by atoms with Crippen LogP contribution < -0.4 is 15.2 Å². The van der Waals surface area contributed by atoms with Crippen molar-refractivity contribution in [3.63, 3.8) is 0 Å². The van der Waals surface area contributed by atoms with Crippen molar-refractivity contribution in [2.75, 3.05) is 4.72 Å². The maximum atomic E-state index is 11.9. The second-order valence-electron chi connectivity index (χ2n) is 4.62. The molecule has 3 N–H and O–H groups in total. The van der Waals surface area contributed by atoms with Gasteiger partial charge in [0.25, 0.3) is 0 Å². The third-order valence-corrected chi connectivity index (χ3v) is 4.19. The van der Waals surface area contributed by atoms with Gasteiger partial charge in [-0.1, -0.05) is 11.2 Å². The van der Waals surface area contributed by atoms with Gasteiger partial charge in [0.05, 0.1) is 11.3 Å². The molecule has 3 rings (SSSR count). The molecule has 22 heavy (non-hydrogen) atoms. The fraction of sp³-hybridized carbons (Fsp3) is 0.167. The molecule has 0 saturated heterocycles. The molecule has 0 radical (unpaired) electrons. The van der Waals surface area contributed by atoms with Crippen LogP contribution >= 0.6 is 0 Å².